The summed E-state index contributed by atoms with van der Waals surface area (Å²) < 4.78 is 0. The van der Waals surface area contributed by atoms with Crippen LogP contribution in [0.3, 0.4) is 0 Å². The highest BCUT2D eigenvalue weighted by Gasteiger charge is 2.07. The minimum atomic E-state index is 0.542. The zero-order chi connectivity index (χ0) is 11.8. The Hall–Kier alpha value is -1.02. The molecular formula is C14H24N2. The lowest BCUT2D eigenvalue weighted by Crippen LogP contribution is -2.39. The molecule has 0 saturated carbocycles. The summed E-state index contributed by atoms with van der Waals surface area (Å²) in [6.45, 7) is 9.89. The first-order chi connectivity index (χ1) is 7.77. The van der Waals surface area contributed by atoms with Gasteiger partial charge in [-0.1, -0.05) is 25.1 Å². The third kappa shape index (κ3) is 4.23. The quantitative estimate of drug-likeness (QED) is 0.760. The summed E-state index contributed by atoms with van der Waals surface area (Å²) in [5.41, 5.74) is 1.31. The van der Waals surface area contributed by atoms with E-state index in [1.807, 2.05) is 0 Å². The molecule has 0 amide bonds. The van der Waals surface area contributed by atoms with Gasteiger partial charge in [0, 0.05) is 24.8 Å². The van der Waals surface area contributed by atoms with Gasteiger partial charge in [0.15, 0.2) is 0 Å². The predicted octanol–water partition coefficient (Wildman–Crippen LogP) is 2.90. The Morgan fingerprint density at radius 1 is 1.19 bits per heavy atom. The predicted molar refractivity (Wildman–Crippen MR) is 72.1 cm³/mol. The first-order valence-electron chi connectivity index (χ1n) is 6.31. The van der Waals surface area contributed by atoms with Crippen LogP contribution in [0.1, 0.15) is 27.2 Å². The highest BCUT2D eigenvalue weighted by molar-refractivity contribution is 5.45. The maximum absolute atomic E-state index is 3.53. The van der Waals surface area contributed by atoms with E-state index in [1.165, 1.54) is 12.1 Å². The lowest BCUT2D eigenvalue weighted by Gasteiger charge is -2.27. The maximum atomic E-state index is 3.53. The lowest BCUT2D eigenvalue weighted by molar-refractivity contribution is 0.536. The van der Waals surface area contributed by atoms with Gasteiger partial charge in [0.2, 0.25) is 0 Å². The number of hydrogen-bond acceptors (Lipinski definition) is 2. The molecule has 1 atom stereocenters. The highest BCUT2D eigenvalue weighted by atomic mass is 15.1. The van der Waals surface area contributed by atoms with Crippen LogP contribution < -0.4 is 10.2 Å². The minimum Gasteiger partial charge on any atom is -0.370 e. The van der Waals surface area contributed by atoms with E-state index in [9.17, 15) is 0 Å². The van der Waals surface area contributed by atoms with Crippen LogP contribution in [0.15, 0.2) is 30.3 Å². The zero-order valence-electron chi connectivity index (χ0n) is 10.7. The fourth-order valence-electron chi connectivity index (χ4n) is 1.84. The maximum Gasteiger partial charge on any atom is 0.0366 e. The van der Waals surface area contributed by atoms with Crippen molar-refractivity contribution in [2.24, 2.45) is 0 Å². The molecule has 90 valence electrons. The average molecular weight is 220 g/mol. The number of anilines is 1. The second-order valence-corrected chi connectivity index (χ2v) is 4.23. The zero-order valence-corrected chi connectivity index (χ0v) is 10.7. The third-order valence-electron chi connectivity index (χ3n) is 2.74. The molecule has 1 aromatic rings. The second kappa shape index (κ2) is 7.29. The Morgan fingerprint density at radius 2 is 1.88 bits per heavy atom. The first-order valence-corrected chi connectivity index (χ1v) is 6.31. The molecule has 0 bridgehead atoms. The Morgan fingerprint density at radius 3 is 2.44 bits per heavy atom. The van der Waals surface area contributed by atoms with Gasteiger partial charge in [-0.25, -0.2) is 0 Å². The number of rotatable bonds is 7. The van der Waals surface area contributed by atoms with Crippen molar-refractivity contribution in [3.63, 3.8) is 0 Å². The molecule has 0 heterocycles. The van der Waals surface area contributed by atoms with Gasteiger partial charge < -0.3 is 10.2 Å². The molecular weight excluding hydrogens is 196 g/mol. The van der Waals surface area contributed by atoms with Crippen LogP contribution in [0.5, 0.6) is 0 Å². The van der Waals surface area contributed by atoms with E-state index in [0.29, 0.717) is 6.04 Å². The van der Waals surface area contributed by atoms with Crippen molar-refractivity contribution < 1.29 is 0 Å². The van der Waals surface area contributed by atoms with E-state index in [4.69, 9.17) is 0 Å². The van der Waals surface area contributed by atoms with Gasteiger partial charge in [0.05, 0.1) is 0 Å². The molecule has 2 nitrogen and oxygen atoms in total. The molecule has 0 radical (unpaired) electrons. The van der Waals surface area contributed by atoms with Crippen LogP contribution in [0.4, 0.5) is 5.69 Å². The van der Waals surface area contributed by atoms with Crippen LogP contribution in [-0.4, -0.2) is 25.7 Å². The summed E-state index contributed by atoms with van der Waals surface area (Å²) in [5.74, 6) is 0. The molecule has 0 aliphatic carbocycles. The third-order valence-corrected chi connectivity index (χ3v) is 2.74. The van der Waals surface area contributed by atoms with Crippen molar-refractivity contribution in [1.82, 2.24) is 5.32 Å². The molecule has 2 heteroatoms. The second-order valence-electron chi connectivity index (χ2n) is 4.23. The molecule has 0 aliphatic rings. The van der Waals surface area contributed by atoms with Gasteiger partial charge in [-0.2, -0.15) is 0 Å². The van der Waals surface area contributed by atoms with Crippen molar-refractivity contribution in [3.8, 4) is 0 Å². The molecule has 0 fully saturated rings. The molecule has 1 unspecified atom stereocenters. The monoisotopic (exact) mass is 220 g/mol. The van der Waals surface area contributed by atoms with E-state index in [-0.39, 0.29) is 0 Å². The molecule has 16 heavy (non-hydrogen) atoms. The van der Waals surface area contributed by atoms with Crippen LogP contribution >= 0.6 is 0 Å². The van der Waals surface area contributed by atoms with E-state index < -0.39 is 0 Å². The molecule has 0 spiro atoms. The van der Waals surface area contributed by atoms with E-state index in [2.05, 4.69) is 61.3 Å². The average Bonchev–Trinajstić information content (AvgIpc) is 2.34. The fraction of sp³-hybridized carbons (Fsp3) is 0.571. The van der Waals surface area contributed by atoms with Gasteiger partial charge in [-0.15, -0.1) is 0 Å². The highest BCUT2D eigenvalue weighted by Crippen LogP contribution is 2.12. The van der Waals surface area contributed by atoms with E-state index >= 15 is 0 Å². The van der Waals surface area contributed by atoms with Crippen molar-refractivity contribution in [1.29, 1.82) is 0 Å². The van der Waals surface area contributed by atoms with Crippen LogP contribution in [0, 0.1) is 0 Å². The largest absolute Gasteiger partial charge is 0.370 e. The molecule has 0 saturated heterocycles. The van der Waals surface area contributed by atoms with Crippen LogP contribution in [0.2, 0.25) is 0 Å². The number of benzene rings is 1. The standard InChI is InChI=1S/C14H24N2/c1-4-11-15-13(3)12-16(5-2)14-9-7-6-8-10-14/h6-10,13,15H,4-5,11-12H2,1-3H3. The smallest absolute Gasteiger partial charge is 0.0366 e. The number of para-hydroxylation sites is 1. The summed E-state index contributed by atoms with van der Waals surface area (Å²) >= 11 is 0. The SMILES string of the molecule is CCCNC(C)CN(CC)c1ccccc1. The molecule has 0 aromatic heterocycles. The Bertz CT molecular complexity index is 271. The van der Waals surface area contributed by atoms with Gasteiger partial charge >= 0.3 is 0 Å². The summed E-state index contributed by atoms with van der Waals surface area (Å²) in [7, 11) is 0. The summed E-state index contributed by atoms with van der Waals surface area (Å²) in [6.07, 6.45) is 1.20. The molecule has 1 aromatic carbocycles. The summed E-state index contributed by atoms with van der Waals surface area (Å²) in [5, 5.41) is 3.53. The lowest BCUT2D eigenvalue weighted by atomic mass is 10.2. The topological polar surface area (TPSA) is 15.3 Å². The number of likely N-dealkylation sites (N-methyl/N-ethyl adjacent to an activating group) is 1. The normalized spacial score (nSPS) is 12.4. The van der Waals surface area contributed by atoms with Gasteiger partial charge in [-0.05, 0) is 38.9 Å². The van der Waals surface area contributed by atoms with Crippen molar-refractivity contribution in [3.05, 3.63) is 30.3 Å². The Balaban J connectivity index is 2.49. The van der Waals surface area contributed by atoms with Gasteiger partial charge in [-0.3, -0.25) is 0 Å². The fourth-order valence-corrected chi connectivity index (χ4v) is 1.84. The van der Waals surface area contributed by atoms with Crippen molar-refractivity contribution >= 4 is 5.69 Å². The number of hydrogen-bond donors (Lipinski definition) is 1. The van der Waals surface area contributed by atoms with Gasteiger partial charge in [0.25, 0.3) is 0 Å². The van der Waals surface area contributed by atoms with Crippen LogP contribution in [0.25, 0.3) is 0 Å². The van der Waals surface area contributed by atoms with Crippen LogP contribution in [-0.2, 0) is 0 Å². The van der Waals surface area contributed by atoms with E-state index in [1.54, 1.807) is 0 Å². The number of nitrogens with one attached hydrogen (secondary N) is 1. The van der Waals surface area contributed by atoms with E-state index in [0.717, 1.165) is 19.6 Å². The molecule has 1 rings (SSSR count). The van der Waals surface area contributed by atoms with Crippen molar-refractivity contribution in [2.75, 3.05) is 24.5 Å². The number of nitrogens with zero attached hydrogens (tertiary/aromatic N) is 1. The Labute approximate surface area is 99.7 Å². The summed E-state index contributed by atoms with van der Waals surface area (Å²) in [4.78, 5) is 2.41. The van der Waals surface area contributed by atoms with Gasteiger partial charge in [0.1, 0.15) is 0 Å². The minimum absolute atomic E-state index is 0.542. The Kier molecular flexibility index (Phi) is 5.94. The summed E-state index contributed by atoms with van der Waals surface area (Å²) in [6, 6.07) is 11.2. The molecule has 0 aliphatic heterocycles. The van der Waals surface area contributed by atoms with Crippen molar-refractivity contribution in [2.45, 2.75) is 33.2 Å². The first kappa shape index (κ1) is 13.0. The molecule has 1 N–H and O–H groups in total.